The van der Waals surface area contributed by atoms with Crippen LogP contribution in [-0.4, -0.2) is 11.8 Å². The maximum atomic E-state index is 13.4. The molecule has 4 rings (SSSR count). The molecule has 0 bridgehead atoms. The zero-order valence-corrected chi connectivity index (χ0v) is 17.1. The third kappa shape index (κ3) is 3.76. The number of carbonyl (C=O) groups excluding carboxylic acids is 2. The number of benzene rings is 3. The molecule has 3 aromatic carbocycles. The smallest absolute Gasteiger partial charge is 0.268 e. The summed E-state index contributed by atoms with van der Waals surface area (Å²) < 4.78 is 0. The second kappa shape index (κ2) is 8.10. The van der Waals surface area contributed by atoms with Crippen LogP contribution in [-0.2, 0) is 9.59 Å². The lowest BCUT2D eigenvalue weighted by atomic mass is 10.0. The summed E-state index contributed by atoms with van der Waals surface area (Å²) in [6.07, 6.45) is 0. The molecule has 4 heteroatoms. The van der Waals surface area contributed by atoms with Gasteiger partial charge in [-0.1, -0.05) is 86.3 Å². The van der Waals surface area contributed by atoms with E-state index in [0.717, 1.165) is 10.5 Å². The lowest BCUT2D eigenvalue weighted by Gasteiger charge is -2.16. The van der Waals surface area contributed by atoms with Crippen LogP contribution in [0, 0.1) is 0 Å². The molecular weight excluding hydrogens is 378 g/mol. The van der Waals surface area contributed by atoms with Gasteiger partial charge in [0.05, 0.1) is 16.2 Å². The second-order valence-electron chi connectivity index (χ2n) is 7.18. The fourth-order valence-electron chi connectivity index (χ4n) is 3.31. The van der Waals surface area contributed by atoms with Crippen molar-refractivity contribution in [2.45, 2.75) is 24.7 Å². The highest BCUT2D eigenvalue weighted by atomic mass is 32.2. The number of imide groups is 1. The Morgan fingerprint density at radius 2 is 1.31 bits per heavy atom. The molecule has 3 nitrogen and oxygen atoms in total. The van der Waals surface area contributed by atoms with Gasteiger partial charge in [0.25, 0.3) is 11.8 Å². The number of carbonyl (C=O) groups is 2. The minimum absolute atomic E-state index is 0.278. The minimum Gasteiger partial charge on any atom is -0.268 e. The molecular formula is C25H21NO2S. The van der Waals surface area contributed by atoms with Gasteiger partial charge in [-0.15, -0.1) is 0 Å². The number of rotatable bonds is 5. The first-order valence-electron chi connectivity index (χ1n) is 9.57. The first-order chi connectivity index (χ1) is 14.1. The lowest BCUT2D eigenvalue weighted by molar-refractivity contribution is -0.119. The van der Waals surface area contributed by atoms with Crippen LogP contribution in [0.25, 0.3) is 5.57 Å². The van der Waals surface area contributed by atoms with E-state index in [2.05, 4.69) is 13.8 Å². The van der Waals surface area contributed by atoms with Crippen LogP contribution in [0.2, 0.25) is 0 Å². The summed E-state index contributed by atoms with van der Waals surface area (Å²) in [7, 11) is 0. The Balaban J connectivity index is 1.77. The molecule has 2 amide bonds. The Kier molecular flexibility index (Phi) is 5.36. The van der Waals surface area contributed by atoms with Gasteiger partial charge in [-0.05, 0) is 41.3 Å². The van der Waals surface area contributed by atoms with Crippen LogP contribution in [0.1, 0.15) is 30.9 Å². The fraction of sp³-hybridized carbons (Fsp3) is 0.120. The summed E-state index contributed by atoms with van der Waals surface area (Å²) in [4.78, 5) is 29.4. The van der Waals surface area contributed by atoms with Gasteiger partial charge in [-0.3, -0.25) is 9.59 Å². The van der Waals surface area contributed by atoms with E-state index in [-0.39, 0.29) is 11.8 Å². The Hall–Kier alpha value is -3.11. The van der Waals surface area contributed by atoms with Gasteiger partial charge < -0.3 is 0 Å². The molecule has 0 fully saturated rings. The van der Waals surface area contributed by atoms with E-state index in [1.165, 1.54) is 22.2 Å². The molecule has 1 aliphatic heterocycles. The maximum Gasteiger partial charge on any atom is 0.272 e. The fourth-order valence-corrected chi connectivity index (χ4v) is 4.33. The predicted octanol–water partition coefficient (Wildman–Crippen LogP) is 5.89. The summed E-state index contributed by atoms with van der Waals surface area (Å²) in [6.45, 7) is 4.23. The van der Waals surface area contributed by atoms with Crippen molar-refractivity contribution in [3.05, 3.63) is 101 Å². The Morgan fingerprint density at radius 3 is 1.90 bits per heavy atom. The monoisotopic (exact) mass is 399 g/mol. The van der Waals surface area contributed by atoms with Crippen molar-refractivity contribution in [2.75, 3.05) is 4.90 Å². The van der Waals surface area contributed by atoms with E-state index in [1.807, 2.05) is 84.9 Å². The largest absolute Gasteiger partial charge is 0.272 e. The standard InChI is InChI=1S/C25H21NO2S/c1-17(2)18-13-15-20(16-14-18)26-24(27)22(19-9-5-3-6-10-19)23(25(26)28)29-21-11-7-4-8-12-21/h3-17H,1-2H3. The molecule has 0 radical (unpaired) electrons. The normalized spacial score (nSPS) is 14.2. The van der Waals surface area contributed by atoms with Crippen molar-refractivity contribution in [3.63, 3.8) is 0 Å². The molecule has 0 aromatic heterocycles. The number of anilines is 1. The molecule has 0 unspecified atom stereocenters. The number of hydrogen-bond donors (Lipinski definition) is 0. The summed E-state index contributed by atoms with van der Waals surface area (Å²) in [6, 6.07) is 26.7. The first-order valence-corrected chi connectivity index (χ1v) is 10.4. The van der Waals surface area contributed by atoms with Crippen LogP contribution in [0.5, 0.6) is 0 Å². The summed E-state index contributed by atoms with van der Waals surface area (Å²) in [5, 5.41) is 0. The predicted molar refractivity (Wildman–Crippen MR) is 119 cm³/mol. The van der Waals surface area contributed by atoms with Crippen molar-refractivity contribution in [1.29, 1.82) is 0 Å². The van der Waals surface area contributed by atoms with E-state index in [1.54, 1.807) is 0 Å². The maximum absolute atomic E-state index is 13.4. The van der Waals surface area contributed by atoms with Gasteiger partial charge in [0.2, 0.25) is 0 Å². The highest BCUT2D eigenvalue weighted by Crippen LogP contribution is 2.41. The van der Waals surface area contributed by atoms with E-state index < -0.39 is 0 Å². The topological polar surface area (TPSA) is 37.4 Å². The highest BCUT2D eigenvalue weighted by Gasteiger charge is 2.40. The quantitative estimate of drug-likeness (QED) is 0.502. The Labute approximate surface area is 175 Å². The number of nitrogens with zero attached hydrogens (tertiary/aromatic N) is 1. The second-order valence-corrected chi connectivity index (χ2v) is 8.26. The molecule has 0 aliphatic carbocycles. The molecule has 0 atom stereocenters. The van der Waals surface area contributed by atoms with Gasteiger partial charge in [-0.2, -0.15) is 0 Å². The molecule has 1 heterocycles. The van der Waals surface area contributed by atoms with Gasteiger partial charge in [-0.25, -0.2) is 4.90 Å². The van der Waals surface area contributed by atoms with Gasteiger partial charge in [0.1, 0.15) is 0 Å². The van der Waals surface area contributed by atoms with Crippen LogP contribution >= 0.6 is 11.8 Å². The molecule has 3 aromatic rings. The molecule has 1 aliphatic rings. The zero-order chi connectivity index (χ0) is 20.4. The van der Waals surface area contributed by atoms with E-state index in [0.29, 0.717) is 22.1 Å². The van der Waals surface area contributed by atoms with Crippen molar-refractivity contribution in [1.82, 2.24) is 0 Å². The highest BCUT2D eigenvalue weighted by molar-refractivity contribution is 8.04. The van der Waals surface area contributed by atoms with Crippen molar-refractivity contribution in [3.8, 4) is 0 Å². The number of hydrogen-bond acceptors (Lipinski definition) is 3. The number of amides is 2. The van der Waals surface area contributed by atoms with Gasteiger partial charge >= 0.3 is 0 Å². The van der Waals surface area contributed by atoms with Gasteiger partial charge in [0, 0.05) is 4.90 Å². The molecule has 0 saturated heterocycles. The third-order valence-electron chi connectivity index (χ3n) is 4.88. The Bertz CT molecular complexity index is 1070. The van der Waals surface area contributed by atoms with Crippen LogP contribution in [0.15, 0.2) is 94.7 Å². The molecule has 0 saturated carbocycles. The number of thioether (sulfide) groups is 1. The van der Waals surface area contributed by atoms with Crippen LogP contribution in [0.3, 0.4) is 0 Å². The summed E-state index contributed by atoms with van der Waals surface area (Å²) >= 11 is 1.34. The van der Waals surface area contributed by atoms with E-state index in [4.69, 9.17) is 0 Å². The van der Waals surface area contributed by atoms with Crippen LogP contribution in [0.4, 0.5) is 5.69 Å². The van der Waals surface area contributed by atoms with Crippen molar-refractivity contribution in [2.24, 2.45) is 0 Å². The lowest BCUT2D eigenvalue weighted by Crippen LogP contribution is -2.31. The van der Waals surface area contributed by atoms with Crippen LogP contribution < -0.4 is 4.90 Å². The third-order valence-corrected chi connectivity index (χ3v) is 5.98. The zero-order valence-electron chi connectivity index (χ0n) is 16.3. The van der Waals surface area contributed by atoms with Crippen molar-refractivity contribution < 1.29 is 9.59 Å². The van der Waals surface area contributed by atoms with E-state index >= 15 is 0 Å². The average molecular weight is 400 g/mol. The van der Waals surface area contributed by atoms with Gasteiger partial charge in [0.15, 0.2) is 0 Å². The average Bonchev–Trinajstić information content (AvgIpc) is 2.99. The molecule has 0 spiro atoms. The Morgan fingerprint density at radius 1 is 0.724 bits per heavy atom. The van der Waals surface area contributed by atoms with E-state index in [9.17, 15) is 9.59 Å². The van der Waals surface area contributed by atoms with Crippen molar-refractivity contribution >= 4 is 34.8 Å². The molecule has 144 valence electrons. The molecule has 0 N–H and O–H groups in total. The molecule has 29 heavy (non-hydrogen) atoms. The first kappa shape index (κ1) is 19.2. The minimum atomic E-state index is -0.281. The SMILES string of the molecule is CC(C)c1ccc(N2C(=O)C(Sc3ccccc3)=C(c3ccccc3)C2=O)cc1. The summed E-state index contributed by atoms with van der Waals surface area (Å²) in [5.41, 5.74) is 2.98. The summed E-state index contributed by atoms with van der Waals surface area (Å²) in [5.74, 6) is -0.173.